The van der Waals surface area contributed by atoms with Crippen LogP contribution in [0.15, 0.2) is 54.6 Å². The van der Waals surface area contributed by atoms with Gasteiger partial charge in [-0.1, -0.05) is 36.4 Å². The number of carbonyl (C=O) groups excluding carboxylic acids is 5. The van der Waals surface area contributed by atoms with Crippen molar-refractivity contribution in [2.75, 3.05) is 13.7 Å². The zero-order valence-corrected chi connectivity index (χ0v) is 34.2. The molecular weight excluding hydrogens is 808 g/mol. The molecule has 330 valence electrons. The second kappa shape index (κ2) is 18.3. The first-order chi connectivity index (χ1) is 29.6. The third kappa shape index (κ3) is 8.82. The Labute approximate surface area is 356 Å². The van der Waals surface area contributed by atoms with Gasteiger partial charge in [-0.25, -0.2) is 4.79 Å². The van der Waals surface area contributed by atoms with Crippen LogP contribution in [0.1, 0.15) is 107 Å². The number of methoxy groups -OCH3 is 1. The summed E-state index contributed by atoms with van der Waals surface area (Å²) in [7, 11) is 1.30. The fourth-order valence-electron chi connectivity index (χ4n) is 8.78. The first kappa shape index (κ1) is 44.4. The minimum Gasteiger partial charge on any atom is -0.507 e. The maximum Gasteiger partial charge on any atom is 0.407 e. The lowest BCUT2D eigenvalue weighted by atomic mass is 9.72. The number of benzene rings is 3. The minimum absolute atomic E-state index is 0.0158. The molecule has 17 heteroatoms. The number of ketones is 3. The molecule has 0 spiro atoms. The second-order valence-electron chi connectivity index (χ2n) is 16.2. The van der Waals surface area contributed by atoms with Gasteiger partial charge in [0.25, 0.3) is 0 Å². The number of phenolic OH excluding ortho intramolecular Hbond substituents is 2. The molecule has 0 saturated carbocycles. The summed E-state index contributed by atoms with van der Waals surface area (Å²) in [6.45, 7) is 0.234. The van der Waals surface area contributed by atoms with Gasteiger partial charge in [0.05, 0.1) is 48.5 Å². The molecule has 3 aromatic carbocycles. The Bertz CT molecular complexity index is 2280. The van der Waals surface area contributed by atoms with Crippen molar-refractivity contribution in [3.63, 3.8) is 0 Å². The van der Waals surface area contributed by atoms with Gasteiger partial charge in [-0.3, -0.25) is 19.2 Å². The maximum atomic E-state index is 14.0. The Hall–Kier alpha value is -5.69. The molecule has 1 amide bonds. The summed E-state index contributed by atoms with van der Waals surface area (Å²) in [5, 5.41) is 58.4. The van der Waals surface area contributed by atoms with Crippen LogP contribution in [0.25, 0.3) is 0 Å². The van der Waals surface area contributed by atoms with E-state index in [9.17, 15) is 49.5 Å². The van der Waals surface area contributed by atoms with E-state index in [0.29, 0.717) is 11.3 Å². The number of hydrogen-bond acceptors (Lipinski definition) is 16. The quantitative estimate of drug-likeness (QED) is 0.0493. The first-order valence-corrected chi connectivity index (χ1v) is 20.5. The third-order valence-corrected chi connectivity index (χ3v) is 12.2. The smallest absolute Gasteiger partial charge is 0.407 e. The molecule has 0 aromatic heterocycles. The Morgan fingerprint density at radius 3 is 2.39 bits per heavy atom. The van der Waals surface area contributed by atoms with Gasteiger partial charge in [-0.15, -0.1) is 0 Å². The van der Waals surface area contributed by atoms with E-state index < -0.39 is 102 Å². The molecule has 62 heavy (non-hydrogen) atoms. The summed E-state index contributed by atoms with van der Waals surface area (Å²) in [4.78, 5) is 66.5. The molecule has 7 rings (SSSR count). The molecule has 17 nitrogen and oxygen atoms in total. The van der Waals surface area contributed by atoms with Crippen LogP contribution >= 0.6 is 0 Å². The number of ether oxygens (including phenoxy) is 5. The largest absolute Gasteiger partial charge is 0.507 e. The molecule has 1 fully saturated rings. The van der Waals surface area contributed by atoms with E-state index in [1.54, 1.807) is 24.3 Å². The Kier molecular flexibility index (Phi) is 13.1. The molecule has 3 aromatic rings. The van der Waals surface area contributed by atoms with Crippen LogP contribution in [0, 0.1) is 5.92 Å². The summed E-state index contributed by atoms with van der Waals surface area (Å²) in [6.07, 6.45) is 0.343. The number of Topliss-reactive ketones (excluding diaryl/α,β-unsaturated/α-hetero) is 1. The van der Waals surface area contributed by atoms with Crippen molar-refractivity contribution in [3.05, 3.63) is 93.6 Å². The van der Waals surface area contributed by atoms with Gasteiger partial charge < -0.3 is 60.3 Å². The number of aromatic hydroxyl groups is 2. The van der Waals surface area contributed by atoms with Crippen LogP contribution in [0.4, 0.5) is 4.79 Å². The van der Waals surface area contributed by atoms with Crippen molar-refractivity contribution in [1.29, 1.82) is 0 Å². The molecule has 1 saturated heterocycles. The molecule has 3 aliphatic carbocycles. The van der Waals surface area contributed by atoms with E-state index in [2.05, 4.69) is 17.5 Å². The number of esters is 1. The number of allylic oxidation sites excluding steroid dienone is 2. The van der Waals surface area contributed by atoms with Gasteiger partial charge in [0.15, 0.2) is 17.9 Å². The molecular formula is C45H50N2O15. The SMILES string of the molecule is COc1cccc2c1C(=O)c1c(O)c3c(c(O)c1C2=O)C[C@@](O)(C(=O)CO)C[C@@H]3O[C@H]1CC(NC(=O)OCc2ccc(OC(=O)C[C@@H]3CC/C=C/CC[C@@H]3N)cc2)[C@H](O)C(C)O1. The lowest BCUT2D eigenvalue weighted by Crippen LogP contribution is -2.56. The number of rotatable bonds is 11. The fraction of sp³-hybridized carbons (Fsp3) is 0.444. The highest BCUT2D eigenvalue weighted by molar-refractivity contribution is 6.31. The van der Waals surface area contributed by atoms with Gasteiger partial charge in [-0.05, 0) is 62.3 Å². The average Bonchev–Trinajstić information content (AvgIpc) is 3.24. The van der Waals surface area contributed by atoms with Crippen LogP contribution in [0.2, 0.25) is 0 Å². The topological polar surface area (TPSA) is 271 Å². The predicted molar refractivity (Wildman–Crippen MR) is 217 cm³/mol. The first-order valence-electron chi connectivity index (χ1n) is 20.5. The van der Waals surface area contributed by atoms with Crippen LogP contribution in [0.5, 0.6) is 23.0 Å². The van der Waals surface area contributed by atoms with E-state index in [1.807, 2.05) is 0 Å². The van der Waals surface area contributed by atoms with Crippen LogP contribution < -0.4 is 20.5 Å². The van der Waals surface area contributed by atoms with Gasteiger partial charge in [0.1, 0.15) is 47.9 Å². The van der Waals surface area contributed by atoms with Gasteiger partial charge in [0.2, 0.25) is 5.78 Å². The van der Waals surface area contributed by atoms with E-state index in [0.717, 1.165) is 25.7 Å². The Morgan fingerprint density at radius 2 is 1.68 bits per heavy atom. The number of carbonyl (C=O) groups is 5. The number of nitrogens with two attached hydrogens (primary N) is 1. The Morgan fingerprint density at radius 1 is 0.968 bits per heavy atom. The molecule has 0 radical (unpaired) electrons. The van der Waals surface area contributed by atoms with E-state index in [4.69, 9.17) is 29.4 Å². The summed E-state index contributed by atoms with van der Waals surface area (Å²) in [5.41, 5.74) is 2.71. The van der Waals surface area contributed by atoms with E-state index in [1.165, 1.54) is 32.2 Å². The Balaban J connectivity index is 1.04. The molecule has 0 bridgehead atoms. The molecule has 1 aliphatic heterocycles. The van der Waals surface area contributed by atoms with Crippen LogP contribution in [-0.4, -0.2) is 105 Å². The minimum atomic E-state index is -2.37. The van der Waals surface area contributed by atoms with Gasteiger partial charge in [-0.2, -0.15) is 0 Å². The number of phenols is 2. The number of hydrogen-bond donors (Lipinski definition) is 7. The average molecular weight is 859 g/mol. The monoisotopic (exact) mass is 858 g/mol. The van der Waals surface area contributed by atoms with Crippen molar-refractivity contribution >= 4 is 29.4 Å². The number of fused-ring (bicyclic) bond motifs is 3. The highest BCUT2D eigenvalue weighted by Gasteiger charge is 2.50. The summed E-state index contributed by atoms with van der Waals surface area (Å²) in [6, 6.07) is 9.59. The van der Waals surface area contributed by atoms with Crippen LogP contribution in [-0.2, 0) is 36.8 Å². The summed E-state index contributed by atoms with van der Waals surface area (Å²) >= 11 is 0. The van der Waals surface area contributed by atoms with Crippen molar-refractivity contribution in [2.45, 2.75) is 107 Å². The molecule has 4 aliphatic rings. The number of aliphatic hydroxyl groups is 3. The number of aliphatic hydroxyl groups excluding tert-OH is 2. The summed E-state index contributed by atoms with van der Waals surface area (Å²) in [5.74, 6) is -4.21. The standard InChI is InChI=1S/C45H50N2O15/c1-22-39(51)29(47-44(56)59-21-23-12-14-25(15-13-23)61-33(50)16-24-8-5-3-4-6-10-28(24)46)17-34(60-22)62-31-19-45(57,32(49)20-48)18-27-36(31)43(55)38-37(41(27)53)40(52)26-9-7-11-30(58-2)35(26)42(38)54/h3-4,7,9,11-15,22,24,28-29,31,34,39,48,51,53,55,57H,5-6,8,10,16-21,46H2,1-2H3,(H,47,56)/b4-3+/t22?,24-,28-,29?,31-,34-,39+,45-/m0/s1. The van der Waals surface area contributed by atoms with Crippen LogP contribution in [0.3, 0.4) is 0 Å². The summed E-state index contributed by atoms with van der Waals surface area (Å²) < 4.78 is 28.4. The lowest BCUT2D eigenvalue weighted by molar-refractivity contribution is -0.249. The number of amides is 1. The zero-order chi connectivity index (χ0) is 44.5. The molecule has 8 atom stereocenters. The van der Waals surface area contributed by atoms with Crippen molar-refractivity contribution in [1.82, 2.24) is 5.32 Å². The van der Waals surface area contributed by atoms with Crippen molar-refractivity contribution in [2.24, 2.45) is 11.7 Å². The number of nitrogens with one attached hydrogen (secondary N) is 1. The predicted octanol–water partition coefficient (Wildman–Crippen LogP) is 3.34. The highest BCUT2D eigenvalue weighted by Crippen LogP contribution is 2.52. The number of alkyl carbamates (subject to hydrolysis) is 1. The lowest BCUT2D eigenvalue weighted by Gasteiger charge is -2.42. The maximum absolute atomic E-state index is 14.0. The second-order valence-corrected chi connectivity index (χ2v) is 16.2. The molecule has 2 unspecified atom stereocenters. The molecule has 1 heterocycles. The third-order valence-electron chi connectivity index (χ3n) is 12.2. The fourth-order valence-corrected chi connectivity index (χ4v) is 8.78. The normalized spacial score (nSPS) is 27.4. The van der Waals surface area contributed by atoms with E-state index in [-0.39, 0.29) is 65.4 Å². The van der Waals surface area contributed by atoms with Crippen molar-refractivity contribution in [3.8, 4) is 23.0 Å². The van der Waals surface area contributed by atoms with Crippen molar-refractivity contribution < 1.29 is 73.2 Å². The van der Waals surface area contributed by atoms with Gasteiger partial charge >= 0.3 is 12.1 Å². The zero-order valence-electron chi connectivity index (χ0n) is 34.2. The van der Waals surface area contributed by atoms with Gasteiger partial charge in [0, 0.05) is 42.0 Å². The molecule has 8 N–H and O–H groups in total. The highest BCUT2D eigenvalue weighted by atomic mass is 16.7. The van der Waals surface area contributed by atoms with E-state index >= 15 is 0 Å².